The van der Waals surface area contributed by atoms with Gasteiger partial charge in [-0.05, 0) is 41.8 Å². The molecule has 0 amide bonds. The summed E-state index contributed by atoms with van der Waals surface area (Å²) in [5, 5.41) is 8.33. The first-order valence-electron chi connectivity index (χ1n) is 10.3. The van der Waals surface area contributed by atoms with Gasteiger partial charge >= 0.3 is 0 Å². The second-order valence-electron chi connectivity index (χ2n) is 7.45. The van der Waals surface area contributed by atoms with Gasteiger partial charge < -0.3 is 10.1 Å². The van der Waals surface area contributed by atoms with Crippen LogP contribution in [0.15, 0.2) is 77.6 Å². The van der Waals surface area contributed by atoms with Crippen molar-refractivity contribution >= 4 is 5.69 Å². The number of methoxy groups -OCH3 is 1. The molecule has 1 aliphatic heterocycles. The van der Waals surface area contributed by atoms with Crippen molar-refractivity contribution in [1.82, 2.24) is 14.8 Å². The summed E-state index contributed by atoms with van der Waals surface area (Å²) in [5.74, 6) is 1.33. The Morgan fingerprint density at radius 1 is 1.00 bits per heavy atom. The van der Waals surface area contributed by atoms with Gasteiger partial charge in [0.25, 0.3) is 5.56 Å². The molecular formula is C25H22N4O2. The van der Waals surface area contributed by atoms with Crippen molar-refractivity contribution in [2.24, 2.45) is 0 Å². The number of para-hydroxylation sites is 1. The Kier molecular flexibility index (Phi) is 4.75. The molecule has 1 N–H and O–H groups in total. The van der Waals surface area contributed by atoms with E-state index in [0.29, 0.717) is 11.5 Å². The van der Waals surface area contributed by atoms with Crippen molar-refractivity contribution in [2.45, 2.75) is 19.5 Å². The highest BCUT2D eigenvalue weighted by atomic mass is 16.5. The Morgan fingerprint density at radius 2 is 1.74 bits per heavy atom. The van der Waals surface area contributed by atoms with Crippen LogP contribution < -0.4 is 15.6 Å². The minimum absolute atomic E-state index is 0.308. The van der Waals surface area contributed by atoms with Gasteiger partial charge in [-0.1, -0.05) is 55.5 Å². The van der Waals surface area contributed by atoms with E-state index < -0.39 is 0 Å². The minimum atomic E-state index is -0.333. The number of hydrogen-bond acceptors (Lipinski definition) is 5. The first-order chi connectivity index (χ1) is 15.2. The van der Waals surface area contributed by atoms with Crippen molar-refractivity contribution in [1.29, 1.82) is 0 Å². The van der Waals surface area contributed by atoms with Crippen LogP contribution >= 0.6 is 0 Å². The molecule has 1 aromatic heterocycles. The zero-order chi connectivity index (χ0) is 21.4. The van der Waals surface area contributed by atoms with Gasteiger partial charge in [0.2, 0.25) is 0 Å². The normalized spacial score (nSPS) is 14.3. The van der Waals surface area contributed by atoms with Crippen molar-refractivity contribution in [3.05, 3.63) is 94.3 Å². The fourth-order valence-corrected chi connectivity index (χ4v) is 3.86. The molecule has 31 heavy (non-hydrogen) atoms. The molecule has 2 heterocycles. The Morgan fingerprint density at radius 3 is 2.45 bits per heavy atom. The van der Waals surface area contributed by atoms with Crippen LogP contribution in [0.1, 0.15) is 24.2 Å². The van der Waals surface area contributed by atoms with Gasteiger partial charge in [0.1, 0.15) is 11.9 Å². The van der Waals surface area contributed by atoms with Gasteiger partial charge in [-0.25, -0.2) is 4.68 Å². The first kappa shape index (κ1) is 19.1. The molecule has 0 spiro atoms. The van der Waals surface area contributed by atoms with Crippen LogP contribution in [0.4, 0.5) is 5.69 Å². The van der Waals surface area contributed by atoms with Gasteiger partial charge in [-0.15, -0.1) is 0 Å². The maximum atomic E-state index is 13.0. The predicted octanol–water partition coefficient (Wildman–Crippen LogP) is 4.52. The van der Waals surface area contributed by atoms with Crippen molar-refractivity contribution in [2.75, 3.05) is 12.4 Å². The molecule has 0 unspecified atom stereocenters. The van der Waals surface area contributed by atoms with Gasteiger partial charge in [-0.2, -0.15) is 10.1 Å². The highest BCUT2D eigenvalue weighted by Crippen LogP contribution is 2.36. The molecule has 6 heteroatoms. The number of fused-ring (bicyclic) bond motifs is 3. The van der Waals surface area contributed by atoms with Crippen LogP contribution in [-0.2, 0) is 6.42 Å². The average molecular weight is 410 g/mol. The molecule has 1 aliphatic rings. The van der Waals surface area contributed by atoms with E-state index in [1.54, 1.807) is 11.8 Å². The lowest BCUT2D eigenvalue weighted by atomic mass is 10.1. The van der Waals surface area contributed by atoms with Gasteiger partial charge in [0.15, 0.2) is 11.5 Å². The lowest BCUT2D eigenvalue weighted by Crippen LogP contribution is -2.32. The predicted molar refractivity (Wildman–Crippen MR) is 121 cm³/mol. The number of hydrogen-bond donors (Lipinski definition) is 1. The van der Waals surface area contributed by atoms with Crippen molar-refractivity contribution in [3.63, 3.8) is 0 Å². The van der Waals surface area contributed by atoms with Gasteiger partial charge in [0, 0.05) is 16.8 Å². The van der Waals surface area contributed by atoms with E-state index in [2.05, 4.69) is 17.2 Å². The second-order valence-corrected chi connectivity index (χ2v) is 7.45. The lowest BCUT2D eigenvalue weighted by molar-refractivity contribution is 0.414. The summed E-state index contributed by atoms with van der Waals surface area (Å²) in [6.07, 6.45) is 0.632. The standard InChI is InChI=1S/C25H22N4O2/c1-3-16-8-10-17(11-9-16)22-25(30)27-24-20-6-4-5-7-21(20)26-23(29(24)28-22)18-12-14-19(31-2)15-13-18/h4-15,23,26H,3H2,1-2H3/t23-/m1/s1. The smallest absolute Gasteiger partial charge is 0.300 e. The third-order valence-electron chi connectivity index (χ3n) is 5.61. The fourth-order valence-electron chi connectivity index (χ4n) is 3.86. The number of aromatic nitrogens is 3. The van der Waals surface area contributed by atoms with Crippen LogP contribution in [0.5, 0.6) is 5.75 Å². The SMILES string of the molecule is CCc1ccc(-c2nn3c(nc2=O)-c2ccccc2N[C@H]3c2ccc(OC)cc2)cc1. The second kappa shape index (κ2) is 7.72. The third kappa shape index (κ3) is 3.36. The number of benzene rings is 3. The maximum absolute atomic E-state index is 13.0. The van der Waals surface area contributed by atoms with Crippen LogP contribution in [0.25, 0.3) is 22.6 Å². The monoisotopic (exact) mass is 410 g/mol. The molecule has 1 atom stereocenters. The molecule has 0 bridgehead atoms. The Balaban J connectivity index is 1.69. The number of nitrogens with one attached hydrogen (secondary N) is 1. The van der Waals surface area contributed by atoms with Crippen molar-refractivity contribution in [3.8, 4) is 28.4 Å². The third-order valence-corrected chi connectivity index (χ3v) is 5.61. The quantitative estimate of drug-likeness (QED) is 0.536. The molecule has 154 valence electrons. The Bertz CT molecular complexity index is 1290. The van der Waals surface area contributed by atoms with Crippen LogP contribution in [0, 0.1) is 0 Å². The van der Waals surface area contributed by atoms with Crippen molar-refractivity contribution < 1.29 is 4.74 Å². The molecule has 5 rings (SSSR count). The highest BCUT2D eigenvalue weighted by Gasteiger charge is 2.28. The van der Waals surface area contributed by atoms with Crippen LogP contribution in [0.2, 0.25) is 0 Å². The summed E-state index contributed by atoms with van der Waals surface area (Å²) in [5.41, 5.74) is 4.73. The molecular weight excluding hydrogens is 388 g/mol. The topological polar surface area (TPSA) is 69.0 Å². The number of ether oxygens (including phenoxy) is 1. The van der Waals surface area contributed by atoms with E-state index in [4.69, 9.17) is 9.84 Å². The molecule has 3 aromatic carbocycles. The maximum Gasteiger partial charge on any atom is 0.300 e. The van der Waals surface area contributed by atoms with Crippen LogP contribution in [-0.4, -0.2) is 21.9 Å². The molecule has 0 radical (unpaired) electrons. The summed E-state index contributed by atoms with van der Waals surface area (Å²) in [6.45, 7) is 2.10. The number of anilines is 1. The number of rotatable bonds is 4. The van der Waals surface area contributed by atoms with E-state index in [1.165, 1.54) is 5.56 Å². The molecule has 4 aromatic rings. The molecule has 0 fully saturated rings. The zero-order valence-corrected chi connectivity index (χ0v) is 17.4. The fraction of sp³-hybridized carbons (Fsp3) is 0.160. The summed E-state index contributed by atoms with van der Waals surface area (Å²) >= 11 is 0. The number of aryl methyl sites for hydroxylation is 1. The van der Waals surface area contributed by atoms with E-state index in [1.807, 2.05) is 72.8 Å². The molecule has 0 saturated heterocycles. The molecule has 0 aliphatic carbocycles. The van der Waals surface area contributed by atoms with E-state index >= 15 is 0 Å². The summed E-state index contributed by atoms with van der Waals surface area (Å²) in [7, 11) is 1.64. The molecule has 6 nitrogen and oxygen atoms in total. The Labute approximate surface area is 180 Å². The number of nitrogens with zero attached hydrogens (tertiary/aromatic N) is 3. The minimum Gasteiger partial charge on any atom is -0.497 e. The summed E-state index contributed by atoms with van der Waals surface area (Å²) < 4.78 is 7.10. The lowest BCUT2D eigenvalue weighted by Gasteiger charge is -2.30. The average Bonchev–Trinajstić information content (AvgIpc) is 2.83. The van der Waals surface area contributed by atoms with Gasteiger partial charge in [0.05, 0.1) is 7.11 Å². The summed E-state index contributed by atoms with van der Waals surface area (Å²) in [6, 6.07) is 23.5. The zero-order valence-electron chi connectivity index (χ0n) is 17.4. The largest absolute Gasteiger partial charge is 0.497 e. The Hall–Kier alpha value is -3.93. The molecule has 0 saturated carbocycles. The van der Waals surface area contributed by atoms with E-state index in [-0.39, 0.29) is 11.7 Å². The van der Waals surface area contributed by atoms with Gasteiger partial charge in [-0.3, -0.25) is 4.79 Å². The first-order valence-corrected chi connectivity index (χ1v) is 10.3. The summed E-state index contributed by atoms with van der Waals surface area (Å²) in [4.78, 5) is 17.4. The van der Waals surface area contributed by atoms with E-state index in [9.17, 15) is 4.79 Å². The highest BCUT2D eigenvalue weighted by molar-refractivity contribution is 5.76. The van der Waals surface area contributed by atoms with Crippen LogP contribution in [0.3, 0.4) is 0 Å². The van der Waals surface area contributed by atoms with E-state index in [0.717, 1.165) is 34.5 Å².